The van der Waals surface area contributed by atoms with Crippen LogP contribution in [0.3, 0.4) is 0 Å². The number of rotatable bonds is 5. The van der Waals surface area contributed by atoms with E-state index < -0.39 is 0 Å². The molecule has 0 radical (unpaired) electrons. The van der Waals surface area contributed by atoms with Crippen molar-refractivity contribution in [3.63, 3.8) is 0 Å². The van der Waals surface area contributed by atoms with Gasteiger partial charge in [0.15, 0.2) is 0 Å². The largest absolute Gasteiger partial charge is 0.328 e. The molecule has 1 aliphatic carbocycles. The molecule has 1 fully saturated rings. The first kappa shape index (κ1) is 18.3. The predicted octanol–water partition coefficient (Wildman–Crippen LogP) is 3.32. The maximum absolute atomic E-state index is 12.2. The summed E-state index contributed by atoms with van der Waals surface area (Å²) in [4.78, 5) is 12.2. The smallest absolute Gasteiger partial charge is 0.229 e. The van der Waals surface area contributed by atoms with Gasteiger partial charge in [0.2, 0.25) is 11.0 Å². The summed E-state index contributed by atoms with van der Waals surface area (Å²) in [6.07, 6.45) is 5.88. The second-order valence-corrected chi connectivity index (χ2v) is 6.58. The van der Waals surface area contributed by atoms with E-state index in [1.807, 2.05) is 0 Å². The van der Waals surface area contributed by atoms with Crippen molar-refractivity contribution in [1.82, 2.24) is 10.2 Å². The van der Waals surface area contributed by atoms with Crippen molar-refractivity contribution < 1.29 is 4.79 Å². The molecule has 5 nitrogen and oxygen atoms in total. The van der Waals surface area contributed by atoms with Crippen LogP contribution in [0.5, 0.6) is 0 Å². The van der Waals surface area contributed by atoms with Crippen molar-refractivity contribution in [2.24, 2.45) is 11.7 Å². The van der Waals surface area contributed by atoms with Crippen LogP contribution in [-0.2, 0) is 4.79 Å². The van der Waals surface area contributed by atoms with Crippen LogP contribution >= 0.6 is 23.7 Å². The fourth-order valence-corrected chi connectivity index (χ4v) is 3.77. The van der Waals surface area contributed by atoms with Crippen LogP contribution in [0.4, 0.5) is 5.13 Å². The highest BCUT2D eigenvalue weighted by atomic mass is 35.5. The third kappa shape index (κ3) is 4.90. The van der Waals surface area contributed by atoms with Gasteiger partial charge in [-0.3, -0.25) is 4.79 Å². The molecule has 2 unspecified atom stereocenters. The van der Waals surface area contributed by atoms with Gasteiger partial charge in [0.1, 0.15) is 5.01 Å². The first-order valence-electron chi connectivity index (χ1n) is 7.53. The number of anilines is 1. The summed E-state index contributed by atoms with van der Waals surface area (Å²) in [5, 5.41) is 12.8. The molecule has 1 heterocycles. The Labute approximate surface area is 136 Å². The summed E-state index contributed by atoms with van der Waals surface area (Å²) in [5.74, 6) is 0.521. The summed E-state index contributed by atoms with van der Waals surface area (Å²) in [6, 6.07) is 0.161. The van der Waals surface area contributed by atoms with E-state index >= 15 is 0 Å². The van der Waals surface area contributed by atoms with Gasteiger partial charge in [0, 0.05) is 17.9 Å². The van der Waals surface area contributed by atoms with Crippen LogP contribution in [0.1, 0.15) is 63.3 Å². The lowest BCUT2D eigenvalue weighted by molar-refractivity contribution is -0.120. The first-order chi connectivity index (χ1) is 9.63. The topological polar surface area (TPSA) is 80.9 Å². The Bertz CT molecular complexity index is 450. The fraction of sp³-hybridized carbons (Fsp3) is 0.786. The molecular weight excluding hydrogens is 308 g/mol. The van der Waals surface area contributed by atoms with E-state index in [0.29, 0.717) is 11.0 Å². The minimum absolute atomic E-state index is 0. The van der Waals surface area contributed by atoms with E-state index in [2.05, 4.69) is 29.4 Å². The second kappa shape index (κ2) is 8.66. The van der Waals surface area contributed by atoms with E-state index in [0.717, 1.165) is 43.5 Å². The van der Waals surface area contributed by atoms with Crippen LogP contribution in [-0.4, -0.2) is 22.1 Å². The normalized spacial score (nSPS) is 21.9. The van der Waals surface area contributed by atoms with Crippen molar-refractivity contribution in [3.05, 3.63) is 5.01 Å². The molecule has 0 aliphatic heterocycles. The number of hydrogen-bond donors (Lipinski definition) is 2. The molecule has 0 aromatic carbocycles. The van der Waals surface area contributed by atoms with Gasteiger partial charge in [0.25, 0.3) is 0 Å². The Morgan fingerprint density at radius 1 is 1.38 bits per heavy atom. The van der Waals surface area contributed by atoms with Crippen molar-refractivity contribution >= 4 is 34.8 Å². The average molecular weight is 333 g/mol. The summed E-state index contributed by atoms with van der Waals surface area (Å²) >= 11 is 1.50. The molecule has 1 aliphatic rings. The lowest BCUT2D eigenvalue weighted by Crippen LogP contribution is -2.34. The highest BCUT2D eigenvalue weighted by Gasteiger charge is 2.26. The minimum atomic E-state index is 0. The molecule has 0 bridgehead atoms. The third-order valence-electron chi connectivity index (χ3n) is 4.09. The molecule has 0 spiro atoms. The van der Waals surface area contributed by atoms with Gasteiger partial charge in [-0.2, -0.15) is 0 Å². The fourth-order valence-electron chi connectivity index (χ4n) is 2.76. The summed E-state index contributed by atoms with van der Waals surface area (Å²) < 4.78 is 0. The zero-order valence-corrected chi connectivity index (χ0v) is 14.3. The molecule has 21 heavy (non-hydrogen) atoms. The minimum Gasteiger partial charge on any atom is -0.328 e. The Balaban J connectivity index is 0.00000220. The van der Waals surface area contributed by atoms with E-state index in [1.165, 1.54) is 11.3 Å². The number of nitrogens with two attached hydrogens (primary N) is 1. The van der Waals surface area contributed by atoms with Gasteiger partial charge in [-0.25, -0.2) is 0 Å². The SMILES string of the molecule is CCC(CC)c1nnc(NC(=O)C2CCCC(N)C2)s1.Cl. The zero-order valence-electron chi connectivity index (χ0n) is 12.7. The van der Waals surface area contributed by atoms with E-state index in [1.54, 1.807) is 0 Å². The van der Waals surface area contributed by atoms with Gasteiger partial charge < -0.3 is 11.1 Å². The van der Waals surface area contributed by atoms with Crippen LogP contribution in [0, 0.1) is 5.92 Å². The predicted molar refractivity (Wildman–Crippen MR) is 89.0 cm³/mol. The number of nitrogens with one attached hydrogen (secondary N) is 1. The molecule has 2 atom stereocenters. The van der Waals surface area contributed by atoms with Gasteiger partial charge in [0.05, 0.1) is 0 Å². The number of carbonyl (C=O) groups excluding carboxylic acids is 1. The first-order valence-corrected chi connectivity index (χ1v) is 8.35. The summed E-state index contributed by atoms with van der Waals surface area (Å²) in [7, 11) is 0. The van der Waals surface area contributed by atoms with Gasteiger partial charge in [-0.1, -0.05) is 31.6 Å². The molecule has 3 N–H and O–H groups in total. The van der Waals surface area contributed by atoms with Crippen molar-refractivity contribution in [1.29, 1.82) is 0 Å². The van der Waals surface area contributed by atoms with Crippen molar-refractivity contribution in [2.45, 2.75) is 64.3 Å². The van der Waals surface area contributed by atoms with Gasteiger partial charge >= 0.3 is 0 Å². The molecule has 1 amide bonds. The van der Waals surface area contributed by atoms with E-state index in [-0.39, 0.29) is 30.3 Å². The maximum atomic E-state index is 12.2. The number of nitrogens with zero attached hydrogens (tertiary/aromatic N) is 2. The molecule has 0 saturated heterocycles. The van der Waals surface area contributed by atoms with E-state index in [4.69, 9.17) is 5.73 Å². The summed E-state index contributed by atoms with van der Waals surface area (Å²) in [5.41, 5.74) is 5.93. The van der Waals surface area contributed by atoms with Gasteiger partial charge in [-0.05, 0) is 32.1 Å². The number of halogens is 1. The van der Waals surface area contributed by atoms with Crippen molar-refractivity contribution in [3.8, 4) is 0 Å². The van der Waals surface area contributed by atoms with Crippen LogP contribution in [0.2, 0.25) is 0 Å². The molecule has 7 heteroatoms. The highest BCUT2D eigenvalue weighted by molar-refractivity contribution is 7.15. The molecule has 1 aromatic heterocycles. The Hall–Kier alpha value is -0.720. The molecule has 2 rings (SSSR count). The molecular formula is C14H25ClN4OS. The average Bonchev–Trinajstić information content (AvgIpc) is 2.88. The quantitative estimate of drug-likeness (QED) is 0.866. The Kier molecular flexibility index (Phi) is 7.56. The molecule has 1 saturated carbocycles. The van der Waals surface area contributed by atoms with Gasteiger partial charge in [-0.15, -0.1) is 22.6 Å². The standard InChI is InChI=1S/C14H24N4OS.ClH/c1-3-9(4-2)13-17-18-14(20-13)16-12(19)10-6-5-7-11(15)8-10;/h9-11H,3-8,15H2,1-2H3,(H,16,18,19);1H. The number of amides is 1. The lowest BCUT2D eigenvalue weighted by Gasteiger charge is -2.25. The third-order valence-corrected chi connectivity index (χ3v) is 5.09. The van der Waals surface area contributed by atoms with Crippen LogP contribution < -0.4 is 11.1 Å². The Morgan fingerprint density at radius 3 is 2.71 bits per heavy atom. The summed E-state index contributed by atoms with van der Waals surface area (Å²) in [6.45, 7) is 4.30. The monoisotopic (exact) mass is 332 g/mol. The number of aromatic nitrogens is 2. The highest BCUT2D eigenvalue weighted by Crippen LogP contribution is 2.29. The van der Waals surface area contributed by atoms with E-state index in [9.17, 15) is 4.79 Å². The zero-order chi connectivity index (χ0) is 14.5. The van der Waals surface area contributed by atoms with Crippen LogP contribution in [0.15, 0.2) is 0 Å². The lowest BCUT2D eigenvalue weighted by atomic mass is 9.86. The van der Waals surface area contributed by atoms with Crippen LogP contribution in [0.25, 0.3) is 0 Å². The van der Waals surface area contributed by atoms with Crippen molar-refractivity contribution in [2.75, 3.05) is 5.32 Å². The number of hydrogen-bond acceptors (Lipinski definition) is 5. The number of carbonyl (C=O) groups is 1. The molecule has 120 valence electrons. The maximum Gasteiger partial charge on any atom is 0.229 e. The second-order valence-electron chi connectivity index (χ2n) is 5.57. The molecule has 1 aromatic rings. The Morgan fingerprint density at radius 2 is 2.10 bits per heavy atom.